The van der Waals surface area contributed by atoms with Crippen molar-refractivity contribution in [3.63, 3.8) is 0 Å². The van der Waals surface area contributed by atoms with Crippen molar-refractivity contribution in [3.8, 4) is 0 Å². The monoisotopic (exact) mass is 230 g/mol. The van der Waals surface area contributed by atoms with Crippen molar-refractivity contribution < 1.29 is 4.74 Å². The predicted molar refractivity (Wildman–Crippen MR) is 71.0 cm³/mol. The second-order valence-electron chi connectivity index (χ2n) is 4.77. The zero-order chi connectivity index (χ0) is 12.4. The average molecular weight is 230 g/mol. The van der Waals surface area contributed by atoms with Gasteiger partial charge < -0.3 is 15.0 Å². The number of ether oxygens (including phenoxy) is 1. The van der Waals surface area contributed by atoms with Crippen molar-refractivity contribution >= 4 is 0 Å². The SMILES string of the molecule is CCCC(C)NCC(CCN(C)C)OCC. The highest BCUT2D eigenvalue weighted by molar-refractivity contribution is 4.67. The third kappa shape index (κ3) is 9.13. The van der Waals surface area contributed by atoms with Crippen LogP contribution in [0, 0.1) is 0 Å². The lowest BCUT2D eigenvalue weighted by Gasteiger charge is -2.22. The first-order valence-electron chi connectivity index (χ1n) is 6.59. The molecule has 3 heteroatoms. The minimum atomic E-state index is 0.353. The van der Waals surface area contributed by atoms with Crippen LogP contribution in [0.25, 0.3) is 0 Å². The number of nitrogens with zero attached hydrogens (tertiary/aromatic N) is 1. The molecule has 0 aliphatic heterocycles. The summed E-state index contributed by atoms with van der Waals surface area (Å²) in [6.07, 6.45) is 3.94. The fourth-order valence-corrected chi connectivity index (χ4v) is 1.75. The van der Waals surface area contributed by atoms with E-state index >= 15 is 0 Å². The Bertz CT molecular complexity index is 151. The van der Waals surface area contributed by atoms with Crippen molar-refractivity contribution in [1.29, 1.82) is 0 Å². The number of rotatable bonds is 10. The Morgan fingerprint density at radius 2 is 1.88 bits per heavy atom. The van der Waals surface area contributed by atoms with E-state index in [4.69, 9.17) is 4.74 Å². The molecule has 0 radical (unpaired) electrons. The van der Waals surface area contributed by atoms with Gasteiger partial charge in [-0.25, -0.2) is 0 Å². The van der Waals surface area contributed by atoms with Gasteiger partial charge in [0.1, 0.15) is 0 Å². The van der Waals surface area contributed by atoms with E-state index in [1.165, 1.54) is 12.8 Å². The van der Waals surface area contributed by atoms with Gasteiger partial charge in [0.05, 0.1) is 6.10 Å². The van der Waals surface area contributed by atoms with E-state index in [0.29, 0.717) is 12.1 Å². The molecule has 0 heterocycles. The van der Waals surface area contributed by atoms with E-state index in [9.17, 15) is 0 Å². The van der Waals surface area contributed by atoms with Crippen LogP contribution in [-0.4, -0.2) is 50.8 Å². The second-order valence-corrected chi connectivity index (χ2v) is 4.77. The molecule has 0 saturated heterocycles. The molecule has 2 unspecified atom stereocenters. The van der Waals surface area contributed by atoms with Gasteiger partial charge in [-0.1, -0.05) is 13.3 Å². The standard InChI is InChI=1S/C13H30N2O/c1-6-8-12(3)14-11-13(16-7-2)9-10-15(4)5/h12-14H,6-11H2,1-5H3. The minimum Gasteiger partial charge on any atom is -0.377 e. The molecule has 0 aromatic heterocycles. The van der Waals surface area contributed by atoms with Crippen LogP contribution in [0.3, 0.4) is 0 Å². The summed E-state index contributed by atoms with van der Waals surface area (Å²) in [7, 11) is 4.21. The van der Waals surface area contributed by atoms with Crippen LogP contribution in [-0.2, 0) is 4.74 Å². The highest BCUT2D eigenvalue weighted by Crippen LogP contribution is 2.01. The maximum absolute atomic E-state index is 5.73. The average Bonchev–Trinajstić information content (AvgIpc) is 2.22. The Hall–Kier alpha value is -0.120. The first kappa shape index (κ1) is 15.9. The van der Waals surface area contributed by atoms with Crippen molar-refractivity contribution in [1.82, 2.24) is 10.2 Å². The lowest BCUT2D eigenvalue weighted by Crippen LogP contribution is -2.36. The second kappa shape index (κ2) is 10.1. The van der Waals surface area contributed by atoms with E-state index in [-0.39, 0.29) is 0 Å². The molecule has 98 valence electrons. The van der Waals surface area contributed by atoms with Crippen molar-refractivity contribution in [3.05, 3.63) is 0 Å². The molecule has 0 aliphatic carbocycles. The van der Waals surface area contributed by atoms with E-state index < -0.39 is 0 Å². The van der Waals surface area contributed by atoms with Gasteiger partial charge in [-0.05, 0) is 40.8 Å². The molecule has 0 aromatic rings. The summed E-state index contributed by atoms with van der Waals surface area (Å²) in [6, 6.07) is 0.604. The van der Waals surface area contributed by atoms with Crippen LogP contribution in [0.15, 0.2) is 0 Å². The molecular weight excluding hydrogens is 200 g/mol. The van der Waals surface area contributed by atoms with Gasteiger partial charge >= 0.3 is 0 Å². The molecule has 0 aliphatic rings. The molecule has 16 heavy (non-hydrogen) atoms. The van der Waals surface area contributed by atoms with Crippen molar-refractivity contribution in [2.75, 3.05) is 33.8 Å². The number of hydrogen-bond donors (Lipinski definition) is 1. The highest BCUT2D eigenvalue weighted by atomic mass is 16.5. The number of hydrogen-bond acceptors (Lipinski definition) is 3. The van der Waals surface area contributed by atoms with Crippen LogP contribution in [0.5, 0.6) is 0 Å². The molecule has 0 saturated carbocycles. The largest absolute Gasteiger partial charge is 0.377 e. The van der Waals surface area contributed by atoms with E-state index in [1.807, 2.05) is 0 Å². The van der Waals surface area contributed by atoms with Gasteiger partial charge in [0.2, 0.25) is 0 Å². The summed E-state index contributed by atoms with van der Waals surface area (Å²) in [5.74, 6) is 0. The highest BCUT2D eigenvalue weighted by Gasteiger charge is 2.10. The van der Waals surface area contributed by atoms with E-state index in [0.717, 1.165) is 26.1 Å². The Kier molecular flexibility index (Phi) is 9.99. The smallest absolute Gasteiger partial charge is 0.0711 e. The predicted octanol–water partition coefficient (Wildman–Crippen LogP) is 2.12. The Labute approximate surface area is 102 Å². The summed E-state index contributed by atoms with van der Waals surface area (Å²) >= 11 is 0. The lowest BCUT2D eigenvalue weighted by atomic mass is 10.1. The van der Waals surface area contributed by atoms with Crippen LogP contribution in [0.1, 0.15) is 40.0 Å². The molecule has 3 nitrogen and oxygen atoms in total. The van der Waals surface area contributed by atoms with Crippen LogP contribution >= 0.6 is 0 Å². The van der Waals surface area contributed by atoms with Gasteiger partial charge in [0.25, 0.3) is 0 Å². The third-order valence-corrected chi connectivity index (χ3v) is 2.72. The molecular formula is C13H30N2O. The zero-order valence-corrected chi connectivity index (χ0v) is 11.8. The fourth-order valence-electron chi connectivity index (χ4n) is 1.75. The number of nitrogens with one attached hydrogen (secondary N) is 1. The van der Waals surface area contributed by atoms with Crippen LogP contribution < -0.4 is 5.32 Å². The topological polar surface area (TPSA) is 24.5 Å². The van der Waals surface area contributed by atoms with Crippen molar-refractivity contribution in [2.45, 2.75) is 52.2 Å². The molecule has 0 spiro atoms. The van der Waals surface area contributed by atoms with E-state index in [1.54, 1.807) is 0 Å². The minimum absolute atomic E-state index is 0.353. The Morgan fingerprint density at radius 3 is 2.38 bits per heavy atom. The van der Waals surface area contributed by atoms with Gasteiger partial charge in [-0.3, -0.25) is 0 Å². The fraction of sp³-hybridized carbons (Fsp3) is 1.00. The van der Waals surface area contributed by atoms with E-state index in [2.05, 4.69) is 45.1 Å². The molecule has 2 atom stereocenters. The maximum atomic E-state index is 5.73. The Balaban J connectivity index is 3.74. The van der Waals surface area contributed by atoms with Gasteiger partial charge in [0, 0.05) is 25.7 Å². The quantitative estimate of drug-likeness (QED) is 0.622. The molecule has 0 aromatic carbocycles. The third-order valence-electron chi connectivity index (χ3n) is 2.72. The molecule has 0 rings (SSSR count). The van der Waals surface area contributed by atoms with Gasteiger partial charge in [-0.2, -0.15) is 0 Å². The maximum Gasteiger partial charge on any atom is 0.0711 e. The molecule has 1 N–H and O–H groups in total. The Morgan fingerprint density at radius 1 is 1.19 bits per heavy atom. The van der Waals surface area contributed by atoms with Gasteiger partial charge in [-0.15, -0.1) is 0 Å². The normalized spacial score (nSPS) is 15.4. The first-order valence-corrected chi connectivity index (χ1v) is 6.59. The molecule has 0 bridgehead atoms. The summed E-state index contributed by atoms with van der Waals surface area (Å²) in [4.78, 5) is 2.21. The van der Waals surface area contributed by atoms with Gasteiger partial charge in [0.15, 0.2) is 0 Å². The molecule has 0 amide bonds. The zero-order valence-electron chi connectivity index (χ0n) is 11.8. The summed E-state index contributed by atoms with van der Waals surface area (Å²) in [5, 5.41) is 3.55. The summed E-state index contributed by atoms with van der Waals surface area (Å²) in [6.45, 7) is 9.42. The lowest BCUT2D eigenvalue weighted by molar-refractivity contribution is 0.0501. The summed E-state index contributed by atoms with van der Waals surface area (Å²) in [5.41, 5.74) is 0. The van der Waals surface area contributed by atoms with Crippen LogP contribution in [0.4, 0.5) is 0 Å². The van der Waals surface area contributed by atoms with Crippen molar-refractivity contribution in [2.24, 2.45) is 0 Å². The molecule has 0 fully saturated rings. The first-order chi connectivity index (χ1) is 7.60. The van der Waals surface area contributed by atoms with Crippen LogP contribution in [0.2, 0.25) is 0 Å². The summed E-state index contributed by atoms with van der Waals surface area (Å²) < 4.78 is 5.73.